The molecule has 21 heavy (non-hydrogen) atoms. The van der Waals surface area contributed by atoms with Crippen LogP contribution in [0.2, 0.25) is 0 Å². The summed E-state index contributed by atoms with van der Waals surface area (Å²) < 4.78 is 0. The van der Waals surface area contributed by atoms with Gasteiger partial charge in [0.15, 0.2) is 0 Å². The number of carbonyl (C=O) groups is 2. The summed E-state index contributed by atoms with van der Waals surface area (Å²) in [5.41, 5.74) is 2.87. The zero-order valence-corrected chi connectivity index (χ0v) is 11.2. The molecule has 4 nitrogen and oxygen atoms in total. The van der Waals surface area contributed by atoms with Crippen molar-refractivity contribution in [2.24, 2.45) is 0 Å². The van der Waals surface area contributed by atoms with E-state index < -0.39 is 5.97 Å². The third-order valence-electron chi connectivity index (χ3n) is 3.37. The number of hydrogen-bond donors (Lipinski definition) is 1. The molecule has 0 unspecified atom stereocenters. The predicted molar refractivity (Wildman–Crippen MR) is 79.4 cm³/mol. The summed E-state index contributed by atoms with van der Waals surface area (Å²) in [6.45, 7) is -0.341. The van der Waals surface area contributed by atoms with Gasteiger partial charge in [0.1, 0.15) is 6.54 Å². The molecule has 0 radical (unpaired) electrons. The Morgan fingerprint density at radius 1 is 1.00 bits per heavy atom. The molecule has 0 aromatic heterocycles. The minimum atomic E-state index is -1.03. The number of benzene rings is 2. The maximum Gasteiger partial charge on any atom is 0.323 e. The van der Waals surface area contributed by atoms with E-state index in [1.807, 2.05) is 48.5 Å². The van der Waals surface area contributed by atoms with Gasteiger partial charge in [0, 0.05) is 11.1 Å². The average Bonchev–Trinajstić information content (AvgIpc) is 2.74. The van der Waals surface area contributed by atoms with E-state index in [1.54, 1.807) is 12.1 Å². The Labute approximate surface area is 121 Å². The summed E-state index contributed by atoms with van der Waals surface area (Å²) in [5, 5.41) is 9.03. The lowest BCUT2D eigenvalue weighted by atomic mass is 10.1. The molecule has 1 amide bonds. The van der Waals surface area contributed by atoms with Crippen LogP contribution in [0, 0.1) is 0 Å². The number of nitrogens with zero attached hydrogens (tertiary/aromatic N) is 1. The van der Waals surface area contributed by atoms with Crippen molar-refractivity contribution in [2.45, 2.75) is 0 Å². The van der Waals surface area contributed by atoms with Gasteiger partial charge in [-0.3, -0.25) is 14.5 Å². The Bertz CT molecular complexity index is 735. The van der Waals surface area contributed by atoms with Gasteiger partial charge in [0.25, 0.3) is 5.91 Å². The van der Waals surface area contributed by atoms with E-state index >= 15 is 0 Å². The highest BCUT2D eigenvalue weighted by Crippen LogP contribution is 2.33. The average molecular weight is 279 g/mol. The van der Waals surface area contributed by atoms with E-state index in [-0.39, 0.29) is 12.5 Å². The van der Waals surface area contributed by atoms with Gasteiger partial charge >= 0.3 is 5.97 Å². The first-order valence-electron chi connectivity index (χ1n) is 6.56. The van der Waals surface area contributed by atoms with Crippen LogP contribution in [-0.2, 0) is 4.79 Å². The van der Waals surface area contributed by atoms with Crippen molar-refractivity contribution in [3.05, 3.63) is 71.3 Å². The van der Waals surface area contributed by atoms with Gasteiger partial charge in [-0.25, -0.2) is 0 Å². The monoisotopic (exact) mass is 279 g/mol. The number of carboxylic acids is 1. The molecule has 1 aliphatic rings. The van der Waals surface area contributed by atoms with Crippen LogP contribution in [0.3, 0.4) is 0 Å². The van der Waals surface area contributed by atoms with Gasteiger partial charge in [-0.15, -0.1) is 0 Å². The molecule has 1 aliphatic heterocycles. The van der Waals surface area contributed by atoms with Crippen molar-refractivity contribution in [2.75, 3.05) is 6.54 Å². The summed E-state index contributed by atoms with van der Waals surface area (Å²) in [4.78, 5) is 24.7. The molecule has 2 aromatic carbocycles. The number of rotatable bonds is 3. The van der Waals surface area contributed by atoms with Crippen LogP contribution in [0.5, 0.6) is 0 Å². The molecule has 4 heteroatoms. The molecule has 0 bridgehead atoms. The topological polar surface area (TPSA) is 57.6 Å². The lowest BCUT2D eigenvalue weighted by Crippen LogP contribution is -2.29. The number of aliphatic carboxylic acids is 1. The van der Waals surface area contributed by atoms with Gasteiger partial charge in [0.2, 0.25) is 0 Å². The van der Waals surface area contributed by atoms with Crippen molar-refractivity contribution in [3.63, 3.8) is 0 Å². The second kappa shape index (κ2) is 5.25. The highest BCUT2D eigenvalue weighted by atomic mass is 16.4. The van der Waals surface area contributed by atoms with Crippen LogP contribution < -0.4 is 0 Å². The highest BCUT2D eigenvalue weighted by Gasteiger charge is 2.32. The van der Waals surface area contributed by atoms with Crippen LogP contribution in [0.1, 0.15) is 21.5 Å². The summed E-state index contributed by atoms with van der Waals surface area (Å²) in [6, 6.07) is 16.7. The predicted octanol–water partition coefficient (Wildman–Crippen LogP) is 2.73. The van der Waals surface area contributed by atoms with Crippen molar-refractivity contribution in [1.29, 1.82) is 0 Å². The summed E-state index contributed by atoms with van der Waals surface area (Å²) in [6.07, 6.45) is 1.84. The largest absolute Gasteiger partial charge is 0.480 e. The van der Waals surface area contributed by atoms with Crippen molar-refractivity contribution in [3.8, 4) is 0 Å². The first-order valence-corrected chi connectivity index (χ1v) is 6.56. The van der Waals surface area contributed by atoms with Gasteiger partial charge in [0.05, 0.1) is 5.70 Å². The highest BCUT2D eigenvalue weighted by molar-refractivity contribution is 6.12. The van der Waals surface area contributed by atoms with E-state index in [9.17, 15) is 9.59 Å². The number of fused-ring (bicyclic) bond motifs is 1. The Morgan fingerprint density at radius 3 is 2.29 bits per heavy atom. The molecule has 0 aliphatic carbocycles. The Kier molecular flexibility index (Phi) is 3.28. The summed E-state index contributed by atoms with van der Waals surface area (Å²) >= 11 is 0. The van der Waals surface area contributed by atoms with Crippen LogP contribution in [0.4, 0.5) is 0 Å². The molecule has 0 saturated heterocycles. The first-order chi connectivity index (χ1) is 10.2. The smallest absolute Gasteiger partial charge is 0.323 e. The maximum atomic E-state index is 12.4. The van der Waals surface area contributed by atoms with Crippen molar-refractivity contribution < 1.29 is 14.7 Å². The van der Waals surface area contributed by atoms with Crippen LogP contribution in [-0.4, -0.2) is 28.4 Å². The molecule has 0 spiro atoms. The minimum absolute atomic E-state index is 0.268. The fraction of sp³-hybridized carbons (Fsp3) is 0.0588. The molecule has 0 fully saturated rings. The van der Waals surface area contributed by atoms with E-state index in [1.165, 1.54) is 4.90 Å². The molecule has 0 atom stereocenters. The zero-order valence-electron chi connectivity index (χ0n) is 11.2. The van der Waals surface area contributed by atoms with Gasteiger partial charge in [-0.2, -0.15) is 0 Å². The van der Waals surface area contributed by atoms with Crippen LogP contribution in [0.15, 0.2) is 54.6 Å². The van der Waals surface area contributed by atoms with E-state index in [4.69, 9.17) is 5.11 Å². The molecule has 2 aromatic rings. The normalized spacial score (nSPS) is 15.3. The van der Waals surface area contributed by atoms with Gasteiger partial charge in [-0.05, 0) is 17.7 Å². The Balaban J connectivity index is 2.12. The third-order valence-corrected chi connectivity index (χ3v) is 3.37. The minimum Gasteiger partial charge on any atom is -0.480 e. The molecule has 0 saturated carbocycles. The van der Waals surface area contributed by atoms with E-state index in [2.05, 4.69) is 0 Å². The fourth-order valence-electron chi connectivity index (χ4n) is 2.45. The summed E-state index contributed by atoms with van der Waals surface area (Å²) in [7, 11) is 0. The van der Waals surface area contributed by atoms with Crippen LogP contribution >= 0.6 is 0 Å². The first kappa shape index (κ1) is 13.1. The number of carboxylic acid groups (broad SMARTS) is 1. The van der Waals surface area contributed by atoms with Gasteiger partial charge in [-0.1, -0.05) is 48.5 Å². The lowest BCUT2D eigenvalue weighted by molar-refractivity contribution is -0.137. The van der Waals surface area contributed by atoms with E-state index in [0.29, 0.717) is 11.3 Å². The number of carbonyl (C=O) groups excluding carboxylic acids is 1. The Morgan fingerprint density at radius 2 is 1.62 bits per heavy atom. The fourth-order valence-corrected chi connectivity index (χ4v) is 2.45. The van der Waals surface area contributed by atoms with Crippen LogP contribution in [0.25, 0.3) is 11.8 Å². The second-order valence-electron chi connectivity index (χ2n) is 4.77. The molecule has 3 rings (SSSR count). The molecule has 1 N–H and O–H groups in total. The maximum absolute atomic E-state index is 12.4. The number of hydrogen-bond acceptors (Lipinski definition) is 2. The molecular formula is C17H13NO3. The van der Waals surface area contributed by atoms with Gasteiger partial charge < -0.3 is 5.11 Å². The SMILES string of the molecule is O=C(O)CN1C(=O)c2ccccc2C1=Cc1ccccc1. The number of amides is 1. The van der Waals surface area contributed by atoms with Crippen molar-refractivity contribution >= 4 is 23.6 Å². The zero-order chi connectivity index (χ0) is 14.8. The third kappa shape index (κ3) is 2.43. The van der Waals surface area contributed by atoms with Crippen molar-refractivity contribution in [1.82, 2.24) is 4.90 Å². The Hall–Kier alpha value is -2.88. The molecule has 104 valence electrons. The van der Waals surface area contributed by atoms with E-state index in [0.717, 1.165) is 11.1 Å². The molecule has 1 heterocycles. The second-order valence-corrected chi connectivity index (χ2v) is 4.77. The standard InChI is InChI=1S/C17H13NO3/c19-16(20)11-18-15(10-12-6-2-1-3-7-12)13-8-4-5-9-14(13)17(18)21/h1-10H,11H2,(H,19,20). The quantitative estimate of drug-likeness (QED) is 0.939. The summed E-state index contributed by atoms with van der Waals surface area (Å²) in [5.74, 6) is -1.30. The lowest BCUT2D eigenvalue weighted by Gasteiger charge is -2.15. The molecular weight excluding hydrogens is 266 g/mol.